The van der Waals surface area contributed by atoms with E-state index in [0.29, 0.717) is 11.4 Å². The molecule has 0 saturated carbocycles. The summed E-state index contributed by atoms with van der Waals surface area (Å²) in [5, 5.41) is 2.83. The third-order valence-electron chi connectivity index (χ3n) is 3.76. The first-order chi connectivity index (χ1) is 11.4. The SMILES string of the molecule is Cc1ccc(O[C@H](C)C(=O)Nc2ccc3c(c2)sc(=O)n3C)cc1. The van der Waals surface area contributed by atoms with Crippen LogP contribution in [0.15, 0.2) is 47.3 Å². The minimum absolute atomic E-state index is 0.0236. The predicted octanol–water partition coefficient (Wildman–Crippen LogP) is 3.31. The normalized spacial score (nSPS) is 12.1. The highest BCUT2D eigenvalue weighted by atomic mass is 32.1. The van der Waals surface area contributed by atoms with Crippen molar-refractivity contribution in [1.29, 1.82) is 0 Å². The van der Waals surface area contributed by atoms with Crippen LogP contribution in [-0.2, 0) is 11.8 Å². The topological polar surface area (TPSA) is 60.3 Å². The van der Waals surface area contributed by atoms with Crippen LogP contribution < -0.4 is 14.9 Å². The Morgan fingerprint density at radius 2 is 1.92 bits per heavy atom. The summed E-state index contributed by atoms with van der Waals surface area (Å²) >= 11 is 1.16. The number of amides is 1. The smallest absolute Gasteiger partial charge is 0.307 e. The van der Waals surface area contributed by atoms with E-state index in [0.717, 1.165) is 27.1 Å². The Labute approximate surface area is 143 Å². The summed E-state index contributed by atoms with van der Waals surface area (Å²) in [6, 6.07) is 13.0. The number of rotatable bonds is 4. The van der Waals surface area contributed by atoms with Gasteiger partial charge in [0.25, 0.3) is 5.91 Å². The van der Waals surface area contributed by atoms with Crippen LogP contribution in [0.4, 0.5) is 5.69 Å². The van der Waals surface area contributed by atoms with Crippen LogP contribution in [0, 0.1) is 6.92 Å². The van der Waals surface area contributed by atoms with E-state index in [9.17, 15) is 9.59 Å². The largest absolute Gasteiger partial charge is 0.481 e. The van der Waals surface area contributed by atoms with E-state index in [1.807, 2.05) is 37.3 Å². The molecular formula is C18H18N2O3S. The third kappa shape index (κ3) is 3.33. The minimum atomic E-state index is -0.627. The summed E-state index contributed by atoms with van der Waals surface area (Å²) in [6.07, 6.45) is -0.627. The molecule has 0 aliphatic rings. The van der Waals surface area contributed by atoms with Gasteiger partial charge >= 0.3 is 4.87 Å². The number of aromatic nitrogens is 1. The fourth-order valence-electron chi connectivity index (χ4n) is 2.33. The number of ether oxygens (including phenoxy) is 1. The molecule has 1 atom stereocenters. The zero-order valence-electron chi connectivity index (χ0n) is 13.7. The van der Waals surface area contributed by atoms with Gasteiger partial charge in [0.2, 0.25) is 0 Å². The number of nitrogens with zero attached hydrogens (tertiary/aromatic N) is 1. The van der Waals surface area contributed by atoms with Gasteiger partial charge in [0, 0.05) is 12.7 Å². The summed E-state index contributed by atoms with van der Waals surface area (Å²) in [5.41, 5.74) is 2.63. The maximum absolute atomic E-state index is 12.3. The number of hydrogen-bond donors (Lipinski definition) is 1. The molecule has 0 bridgehead atoms. The van der Waals surface area contributed by atoms with Gasteiger partial charge in [-0.2, -0.15) is 0 Å². The summed E-state index contributed by atoms with van der Waals surface area (Å²) < 4.78 is 8.08. The molecule has 0 fully saturated rings. The number of anilines is 1. The minimum Gasteiger partial charge on any atom is -0.481 e. The zero-order valence-corrected chi connectivity index (χ0v) is 14.5. The van der Waals surface area contributed by atoms with Crippen LogP contribution in [0.25, 0.3) is 10.2 Å². The molecule has 24 heavy (non-hydrogen) atoms. The van der Waals surface area contributed by atoms with Crippen molar-refractivity contribution < 1.29 is 9.53 Å². The molecule has 124 valence electrons. The summed E-state index contributed by atoms with van der Waals surface area (Å²) in [7, 11) is 1.73. The molecule has 5 nitrogen and oxygen atoms in total. The van der Waals surface area contributed by atoms with E-state index < -0.39 is 6.10 Å². The summed E-state index contributed by atoms with van der Waals surface area (Å²) in [4.78, 5) is 24.0. The number of benzene rings is 2. The molecule has 1 amide bonds. The van der Waals surface area contributed by atoms with Crippen molar-refractivity contribution in [3.63, 3.8) is 0 Å². The molecule has 0 aliphatic heterocycles. The van der Waals surface area contributed by atoms with Crippen molar-refractivity contribution in [1.82, 2.24) is 4.57 Å². The van der Waals surface area contributed by atoms with Gasteiger partial charge < -0.3 is 14.6 Å². The highest BCUT2D eigenvalue weighted by molar-refractivity contribution is 7.16. The van der Waals surface area contributed by atoms with Crippen LogP contribution in [0.2, 0.25) is 0 Å². The quantitative estimate of drug-likeness (QED) is 0.791. The second-order valence-corrected chi connectivity index (χ2v) is 6.67. The number of nitrogens with one attached hydrogen (secondary N) is 1. The van der Waals surface area contributed by atoms with Gasteiger partial charge in [0.05, 0.1) is 10.2 Å². The number of thiazole rings is 1. The van der Waals surface area contributed by atoms with E-state index in [1.165, 1.54) is 0 Å². The summed E-state index contributed by atoms with van der Waals surface area (Å²) in [5.74, 6) is 0.415. The van der Waals surface area contributed by atoms with E-state index in [1.54, 1.807) is 30.7 Å². The van der Waals surface area contributed by atoms with Gasteiger partial charge in [-0.1, -0.05) is 29.0 Å². The molecule has 3 aromatic rings. The Bertz CT molecular complexity index is 941. The first-order valence-corrected chi connectivity index (χ1v) is 8.39. The number of carbonyl (C=O) groups is 1. The lowest BCUT2D eigenvalue weighted by atomic mass is 10.2. The van der Waals surface area contributed by atoms with Crippen molar-refractivity contribution in [2.24, 2.45) is 7.05 Å². The van der Waals surface area contributed by atoms with Crippen LogP contribution in [0.1, 0.15) is 12.5 Å². The Morgan fingerprint density at radius 1 is 1.21 bits per heavy atom. The van der Waals surface area contributed by atoms with E-state index in [4.69, 9.17) is 4.74 Å². The lowest BCUT2D eigenvalue weighted by Gasteiger charge is -2.15. The van der Waals surface area contributed by atoms with Crippen LogP contribution >= 0.6 is 11.3 Å². The van der Waals surface area contributed by atoms with Crippen molar-refractivity contribution >= 4 is 33.1 Å². The molecule has 2 aromatic carbocycles. The van der Waals surface area contributed by atoms with Crippen LogP contribution in [0.5, 0.6) is 5.75 Å². The Balaban J connectivity index is 1.71. The molecule has 0 spiro atoms. The molecule has 1 aromatic heterocycles. The third-order valence-corrected chi connectivity index (χ3v) is 4.76. The summed E-state index contributed by atoms with van der Waals surface area (Å²) in [6.45, 7) is 3.70. The highest BCUT2D eigenvalue weighted by Crippen LogP contribution is 2.21. The second kappa shape index (κ2) is 6.49. The van der Waals surface area contributed by atoms with Gasteiger partial charge in [-0.05, 0) is 44.2 Å². The van der Waals surface area contributed by atoms with Crippen molar-refractivity contribution in [3.8, 4) is 5.75 Å². The van der Waals surface area contributed by atoms with Gasteiger partial charge in [-0.15, -0.1) is 0 Å². The Kier molecular flexibility index (Phi) is 4.40. The number of hydrogen-bond acceptors (Lipinski definition) is 4. The lowest BCUT2D eigenvalue weighted by molar-refractivity contribution is -0.122. The Hall–Kier alpha value is -2.60. The van der Waals surface area contributed by atoms with Crippen LogP contribution in [-0.4, -0.2) is 16.6 Å². The fraction of sp³-hybridized carbons (Fsp3) is 0.222. The number of fused-ring (bicyclic) bond motifs is 1. The molecule has 3 rings (SSSR count). The first-order valence-electron chi connectivity index (χ1n) is 7.58. The van der Waals surface area contributed by atoms with Gasteiger partial charge in [-0.25, -0.2) is 0 Å². The molecular weight excluding hydrogens is 324 g/mol. The van der Waals surface area contributed by atoms with Gasteiger partial charge in [0.1, 0.15) is 5.75 Å². The van der Waals surface area contributed by atoms with E-state index >= 15 is 0 Å². The fourth-order valence-corrected chi connectivity index (χ4v) is 3.25. The molecule has 1 N–H and O–H groups in total. The lowest BCUT2D eigenvalue weighted by Crippen LogP contribution is -2.30. The number of carbonyl (C=O) groups excluding carboxylic acids is 1. The molecule has 6 heteroatoms. The standard InChI is InChI=1S/C18H18N2O3S/c1-11-4-7-14(8-5-11)23-12(2)17(21)19-13-6-9-15-16(10-13)24-18(22)20(15)3/h4-10,12H,1-3H3,(H,19,21)/t12-/m1/s1. The van der Waals surface area contributed by atoms with Gasteiger partial charge in [-0.3, -0.25) is 9.59 Å². The first kappa shape index (κ1) is 16.3. The maximum atomic E-state index is 12.3. The van der Waals surface area contributed by atoms with Gasteiger partial charge in [0.15, 0.2) is 6.10 Å². The molecule has 0 unspecified atom stereocenters. The zero-order chi connectivity index (χ0) is 17.3. The maximum Gasteiger partial charge on any atom is 0.307 e. The molecule has 0 aliphatic carbocycles. The van der Waals surface area contributed by atoms with Crippen LogP contribution in [0.3, 0.4) is 0 Å². The monoisotopic (exact) mass is 342 g/mol. The van der Waals surface area contributed by atoms with E-state index in [2.05, 4.69) is 5.32 Å². The highest BCUT2D eigenvalue weighted by Gasteiger charge is 2.15. The average Bonchev–Trinajstić information content (AvgIpc) is 2.83. The Morgan fingerprint density at radius 3 is 2.62 bits per heavy atom. The van der Waals surface area contributed by atoms with Crippen molar-refractivity contribution in [3.05, 3.63) is 57.7 Å². The van der Waals surface area contributed by atoms with Crippen molar-refractivity contribution in [2.75, 3.05) is 5.32 Å². The molecule has 0 radical (unpaired) electrons. The molecule has 0 saturated heterocycles. The van der Waals surface area contributed by atoms with Crippen molar-refractivity contribution in [2.45, 2.75) is 20.0 Å². The number of aryl methyl sites for hydroxylation is 2. The van der Waals surface area contributed by atoms with E-state index in [-0.39, 0.29) is 10.8 Å². The molecule has 1 heterocycles. The second-order valence-electron chi connectivity index (χ2n) is 5.67. The predicted molar refractivity (Wildman–Crippen MR) is 97.0 cm³/mol. The average molecular weight is 342 g/mol.